The van der Waals surface area contributed by atoms with Gasteiger partial charge in [-0.2, -0.15) is 0 Å². The normalized spacial score (nSPS) is 16.3. The summed E-state index contributed by atoms with van der Waals surface area (Å²) in [4.78, 5) is 14.3. The van der Waals surface area contributed by atoms with E-state index in [4.69, 9.17) is 0 Å². The van der Waals surface area contributed by atoms with E-state index >= 15 is 0 Å². The molecule has 98 valence electrons. The average molecular weight is 246 g/mol. The lowest BCUT2D eigenvalue weighted by molar-refractivity contribution is -0.135. The predicted octanol–water partition coefficient (Wildman–Crippen LogP) is 1.69. The number of hydrogen-bond donors (Lipinski definition) is 1. The molecule has 0 bridgehead atoms. The van der Waals surface area contributed by atoms with E-state index in [1.165, 1.54) is 5.56 Å². The van der Waals surface area contributed by atoms with E-state index in [2.05, 4.69) is 17.4 Å². The fourth-order valence-corrected chi connectivity index (χ4v) is 2.39. The van der Waals surface area contributed by atoms with Gasteiger partial charge in [-0.1, -0.05) is 30.3 Å². The van der Waals surface area contributed by atoms with Gasteiger partial charge in [0, 0.05) is 20.1 Å². The third kappa shape index (κ3) is 2.91. The number of nitrogens with one attached hydrogen (secondary N) is 1. The van der Waals surface area contributed by atoms with Crippen molar-refractivity contribution < 1.29 is 4.79 Å². The van der Waals surface area contributed by atoms with Gasteiger partial charge in [0.2, 0.25) is 5.91 Å². The third-order valence-corrected chi connectivity index (χ3v) is 3.74. The molecule has 3 heteroatoms. The standard InChI is InChI=1S/C15H22N2O/c1-16-10-11-17(2)14(18)15(8-9-15)12-13-6-4-3-5-7-13/h3-7,16H,8-12H2,1-2H3. The van der Waals surface area contributed by atoms with Crippen molar-refractivity contribution in [3.05, 3.63) is 35.9 Å². The number of hydrogen-bond acceptors (Lipinski definition) is 2. The molecule has 2 rings (SSSR count). The minimum absolute atomic E-state index is 0.107. The van der Waals surface area contributed by atoms with Crippen LogP contribution in [0.2, 0.25) is 0 Å². The van der Waals surface area contributed by atoms with Gasteiger partial charge in [-0.05, 0) is 31.9 Å². The van der Waals surface area contributed by atoms with Crippen LogP contribution in [0.5, 0.6) is 0 Å². The van der Waals surface area contributed by atoms with Gasteiger partial charge >= 0.3 is 0 Å². The molecule has 0 heterocycles. The molecule has 1 aliphatic carbocycles. The van der Waals surface area contributed by atoms with Crippen LogP contribution in [-0.2, 0) is 11.2 Å². The summed E-state index contributed by atoms with van der Waals surface area (Å²) in [5.74, 6) is 0.307. The zero-order valence-corrected chi connectivity index (χ0v) is 11.3. The van der Waals surface area contributed by atoms with Gasteiger partial charge in [0.1, 0.15) is 0 Å². The van der Waals surface area contributed by atoms with Crippen molar-refractivity contribution in [1.29, 1.82) is 0 Å². The van der Waals surface area contributed by atoms with E-state index in [1.54, 1.807) is 0 Å². The summed E-state index contributed by atoms with van der Waals surface area (Å²) in [6, 6.07) is 10.3. The highest BCUT2D eigenvalue weighted by atomic mass is 16.2. The number of carbonyl (C=O) groups excluding carboxylic acids is 1. The van der Waals surface area contributed by atoms with Crippen molar-refractivity contribution in [2.75, 3.05) is 27.2 Å². The zero-order valence-electron chi connectivity index (χ0n) is 11.3. The van der Waals surface area contributed by atoms with Gasteiger partial charge in [-0.3, -0.25) is 4.79 Å². The molecule has 3 nitrogen and oxygen atoms in total. The Morgan fingerprint density at radius 2 is 2.00 bits per heavy atom. The Kier molecular flexibility index (Phi) is 4.02. The molecule has 1 fully saturated rings. The van der Waals surface area contributed by atoms with Crippen molar-refractivity contribution in [2.24, 2.45) is 5.41 Å². The van der Waals surface area contributed by atoms with Crippen LogP contribution in [0.15, 0.2) is 30.3 Å². The Morgan fingerprint density at radius 1 is 1.33 bits per heavy atom. The van der Waals surface area contributed by atoms with Gasteiger partial charge < -0.3 is 10.2 Å². The lowest BCUT2D eigenvalue weighted by Gasteiger charge is -2.23. The Balaban J connectivity index is 1.97. The van der Waals surface area contributed by atoms with E-state index in [9.17, 15) is 4.79 Å². The fraction of sp³-hybridized carbons (Fsp3) is 0.533. The first kappa shape index (κ1) is 13.1. The molecule has 1 amide bonds. The molecular weight excluding hydrogens is 224 g/mol. The van der Waals surface area contributed by atoms with Crippen molar-refractivity contribution >= 4 is 5.91 Å². The minimum atomic E-state index is -0.107. The molecule has 0 saturated heterocycles. The summed E-state index contributed by atoms with van der Waals surface area (Å²) in [6.07, 6.45) is 2.95. The van der Waals surface area contributed by atoms with E-state index < -0.39 is 0 Å². The number of likely N-dealkylation sites (N-methyl/N-ethyl adjacent to an activating group) is 2. The summed E-state index contributed by atoms with van der Waals surface area (Å²) in [7, 11) is 3.82. The molecule has 0 aromatic heterocycles. The number of amides is 1. The van der Waals surface area contributed by atoms with Gasteiger partial charge in [0.25, 0.3) is 0 Å². The number of carbonyl (C=O) groups is 1. The molecule has 0 spiro atoms. The molecule has 1 aromatic rings. The summed E-state index contributed by atoms with van der Waals surface area (Å²) in [6.45, 7) is 1.63. The monoisotopic (exact) mass is 246 g/mol. The fourth-order valence-electron chi connectivity index (χ4n) is 2.39. The molecule has 1 N–H and O–H groups in total. The second-order valence-electron chi connectivity index (χ2n) is 5.27. The molecule has 1 aliphatic rings. The molecule has 0 atom stereocenters. The lowest BCUT2D eigenvalue weighted by atomic mass is 9.95. The van der Waals surface area contributed by atoms with Crippen LogP contribution in [0.25, 0.3) is 0 Å². The maximum Gasteiger partial charge on any atom is 0.228 e. The van der Waals surface area contributed by atoms with Crippen molar-refractivity contribution in [3.8, 4) is 0 Å². The van der Waals surface area contributed by atoms with Crippen LogP contribution < -0.4 is 5.32 Å². The van der Waals surface area contributed by atoms with Crippen molar-refractivity contribution in [1.82, 2.24) is 10.2 Å². The van der Waals surface area contributed by atoms with Crippen LogP contribution in [0.3, 0.4) is 0 Å². The summed E-state index contributed by atoms with van der Waals surface area (Å²) >= 11 is 0. The Labute approximate surface area is 109 Å². The maximum atomic E-state index is 12.4. The third-order valence-electron chi connectivity index (χ3n) is 3.74. The largest absolute Gasteiger partial charge is 0.344 e. The summed E-state index contributed by atoms with van der Waals surface area (Å²) in [5, 5.41) is 3.08. The first-order valence-electron chi connectivity index (χ1n) is 6.62. The first-order chi connectivity index (χ1) is 8.68. The van der Waals surface area contributed by atoms with E-state index in [0.29, 0.717) is 5.91 Å². The lowest BCUT2D eigenvalue weighted by Crippen LogP contribution is -2.38. The van der Waals surface area contributed by atoms with Crippen molar-refractivity contribution in [3.63, 3.8) is 0 Å². The molecule has 1 aromatic carbocycles. The van der Waals surface area contributed by atoms with E-state index in [0.717, 1.165) is 32.4 Å². The molecule has 0 radical (unpaired) electrons. The molecule has 1 saturated carbocycles. The molecular formula is C15H22N2O. The van der Waals surface area contributed by atoms with Crippen LogP contribution in [0.4, 0.5) is 0 Å². The van der Waals surface area contributed by atoms with Crippen LogP contribution in [-0.4, -0.2) is 38.0 Å². The second-order valence-corrected chi connectivity index (χ2v) is 5.27. The number of benzene rings is 1. The van der Waals surface area contributed by atoms with E-state index in [1.807, 2.05) is 37.2 Å². The maximum absolute atomic E-state index is 12.4. The van der Waals surface area contributed by atoms with Gasteiger partial charge in [-0.25, -0.2) is 0 Å². The Morgan fingerprint density at radius 3 is 2.56 bits per heavy atom. The summed E-state index contributed by atoms with van der Waals surface area (Å²) in [5.41, 5.74) is 1.16. The highest BCUT2D eigenvalue weighted by molar-refractivity contribution is 5.85. The quantitative estimate of drug-likeness (QED) is 0.828. The summed E-state index contributed by atoms with van der Waals surface area (Å²) < 4.78 is 0. The van der Waals surface area contributed by atoms with Crippen LogP contribution in [0, 0.1) is 5.41 Å². The van der Waals surface area contributed by atoms with Gasteiger partial charge in [-0.15, -0.1) is 0 Å². The first-order valence-corrected chi connectivity index (χ1v) is 6.62. The Bertz CT molecular complexity index is 398. The minimum Gasteiger partial charge on any atom is -0.344 e. The number of rotatable bonds is 6. The zero-order chi connectivity index (χ0) is 13.0. The molecule has 18 heavy (non-hydrogen) atoms. The molecule has 0 unspecified atom stereocenters. The highest BCUT2D eigenvalue weighted by Gasteiger charge is 2.50. The van der Waals surface area contributed by atoms with Gasteiger partial charge in [0.05, 0.1) is 5.41 Å². The van der Waals surface area contributed by atoms with Crippen molar-refractivity contribution in [2.45, 2.75) is 19.3 Å². The highest BCUT2D eigenvalue weighted by Crippen LogP contribution is 2.49. The second kappa shape index (κ2) is 5.53. The Hall–Kier alpha value is -1.35. The van der Waals surface area contributed by atoms with Gasteiger partial charge in [0.15, 0.2) is 0 Å². The van der Waals surface area contributed by atoms with Crippen LogP contribution >= 0.6 is 0 Å². The smallest absolute Gasteiger partial charge is 0.228 e. The SMILES string of the molecule is CNCCN(C)C(=O)C1(Cc2ccccc2)CC1. The number of nitrogens with zero attached hydrogens (tertiary/aromatic N) is 1. The average Bonchev–Trinajstić information content (AvgIpc) is 3.17. The van der Waals surface area contributed by atoms with E-state index in [-0.39, 0.29) is 5.41 Å². The topological polar surface area (TPSA) is 32.3 Å². The molecule has 0 aliphatic heterocycles. The predicted molar refractivity (Wildman–Crippen MR) is 73.4 cm³/mol. The van der Waals surface area contributed by atoms with Crippen LogP contribution in [0.1, 0.15) is 18.4 Å².